The normalized spacial score (nSPS) is 23.0. The van der Waals surface area contributed by atoms with Crippen LogP contribution in [0.2, 0.25) is 5.15 Å². The SMILES string of the molecule is CCSC1CCC(NC(=O)c2cnc(Cl)cn2)C1. The van der Waals surface area contributed by atoms with Crippen molar-refractivity contribution >= 4 is 29.3 Å². The molecule has 0 aromatic carbocycles. The maximum atomic E-state index is 11.9. The van der Waals surface area contributed by atoms with Gasteiger partial charge in [0.25, 0.3) is 5.91 Å². The number of nitrogens with zero attached hydrogens (tertiary/aromatic N) is 2. The molecule has 1 saturated carbocycles. The average molecular weight is 286 g/mol. The molecule has 2 unspecified atom stereocenters. The van der Waals surface area contributed by atoms with Crippen LogP contribution in [0.1, 0.15) is 36.7 Å². The number of amides is 1. The summed E-state index contributed by atoms with van der Waals surface area (Å²) in [4.78, 5) is 19.7. The number of thioether (sulfide) groups is 1. The summed E-state index contributed by atoms with van der Waals surface area (Å²) < 4.78 is 0. The van der Waals surface area contributed by atoms with E-state index >= 15 is 0 Å². The Balaban J connectivity index is 1.87. The van der Waals surface area contributed by atoms with Crippen molar-refractivity contribution in [3.05, 3.63) is 23.2 Å². The van der Waals surface area contributed by atoms with Crippen LogP contribution in [0, 0.1) is 0 Å². The molecule has 1 aliphatic rings. The van der Waals surface area contributed by atoms with Gasteiger partial charge in [0.1, 0.15) is 10.8 Å². The lowest BCUT2D eigenvalue weighted by atomic mass is 10.2. The molecule has 98 valence electrons. The largest absolute Gasteiger partial charge is 0.348 e. The second-order valence-electron chi connectivity index (χ2n) is 4.29. The number of hydrogen-bond acceptors (Lipinski definition) is 4. The Hall–Kier alpha value is -0.810. The summed E-state index contributed by atoms with van der Waals surface area (Å²) in [6, 6.07) is 0.263. The topological polar surface area (TPSA) is 54.9 Å². The van der Waals surface area contributed by atoms with Gasteiger partial charge in [0.15, 0.2) is 0 Å². The second-order valence-corrected chi connectivity index (χ2v) is 6.25. The zero-order valence-electron chi connectivity index (χ0n) is 10.2. The third-order valence-electron chi connectivity index (χ3n) is 2.98. The van der Waals surface area contributed by atoms with Gasteiger partial charge in [-0.25, -0.2) is 9.97 Å². The van der Waals surface area contributed by atoms with Gasteiger partial charge in [0.05, 0.1) is 12.4 Å². The third-order valence-corrected chi connectivity index (χ3v) is 4.40. The van der Waals surface area contributed by atoms with E-state index in [-0.39, 0.29) is 11.9 Å². The quantitative estimate of drug-likeness (QED) is 0.924. The van der Waals surface area contributed by atoms with E-state index in [0.717, 1.165) is 18.6 Å². The maximum absolute atomic E-state index is 11.9. The first-order valence-corrected chi connectivity index (χ1v) is 7.51. The standard InChI is InChI=1S/C12H16ClN3OS/c1-2-18-9-4-3-8(5-9)16-12(17)10-6-15-11(13)7-14-10/h6-9H,2-5H2,1H3,(H,16,17). The lowest BCUT2D eigenvalue weighted by Gasteiger charge is -2.12. The molecular formula is C12H16ClN3OS. The van der Waals surface area contributed by atoms with Crippen molar-refractivity contribution in [2.75, 3.05) is 5.75 Å². The van der Waals surface area contributed by atoms with Crippen LogP contribution in [0.15, 0.2) is 12.4 Å². The van der Waals surface area contributed by atoms with Crippen molar-refractivity contribution in [1.82, 2.24) is 15.3 Å². The van der Waals surface area contributed by atoms with Gasteiger partial charge in [-0.05, 0) is 25.0 Å². The van der Waals surface area contributed by atoms with Crippen molar-refractivity contribution in [3.8, 4) is 0 Å². The van der Waals surface area contributed by atoms with Gasteiger partial charge < -0.3 is 5.32 Å². The Labute approximate surface area is 116 Å². The number of rotatable bonds is 4. The Kier molecular flexibility index (Phi) is 4.83. The van der Waals surface area contributed by atoms with E-state index in [2.05, 4.69) is 22.2 Å². The fourth-order valence-corrected chi connectivity index (χ4v) is 3.39. The maximum Gasteiger partial charge on any atom is 0.271 e. The molecule has 0 bridgehead atoms. The summed E-state index contributed by atoms with van der Waals surface area (Å²) in [5.74, 6) is 0.972. The molecule has 1 fully saturated rings. The van der Waals surface area contributed by atoms with Crippen molar-refractivity contribution in [3.63, 3.8) is 0 Å². The van der Waals surface area contributed by atoms with Crippen LogP contribution < -0.4 is 5.32 Å². The molecule has 1 heterocycles. The number of halogens is 1. The van der Waals surface area contributed by atoms with E-state index < -0.39 is 0 Å². The number of nitrogens with one attached hydrogen (secondary N) is 1. The molecule has 1 N–H and O–H groups in total. The molecule has 1 aliphatic carbocycles. The minimum Gasteiger partial charge on any atom is -0.348 e. The molecule has 18 heavy (non-hydrogen) atoms. The molecule has 6 heteroatoms. The van der Waals surface area contributed by atoms with Gasteiger partial charge in [-0.3, -0.25) is 4.79 Å². The van der Waals surface area contributed by atoms with Gasteiger partial charge in [-0.2, -0.15) is 11.8 Å². The summed E-state index contributed by atoms with van der Waals surface area (Å²) in [7, 11) is 0. The minimum atomic E-state index is -0.161. The highest BCUT2D eigenvalue weighted by Gasteiger charge is 2.26. The molecule has 2 atom stereocenters. The Morgan fingerprint density at radius 1 is 1.50 bits per heavy atom. The monoisotopic (exact) mass is 285 g/mol. The summed E-state index contributed by atoms with van der Waals surface area (Å²) in [5.41, 5.74) is 0.325. The third kappa shape index (κ3) is 3.59. The van der Waals surface area contributed by atoms with Gasteiger partial charge >= 0.3 is 0 Å². The van der Waals surface area contributed by atoms with E-state index in [1.54, 1.807) is 0 Å². The van der Waals surface area contributed by atoms with Crippen molar-refractivity contribution in [2.45, 2.75) is 37.5 Å². The molecule has 1 aromatic heterocycles. The first kappa shape index (κ1) is 13.6. The van der Waals surface area contributed by atoms with Crippen molar-refractivity contribution in [2.24, 2.45) is 0 Å². The molecule has 2 rings (SSSR count). The van der Waals surface area contributed by atoms with E-state index in [4.69, 9.17) is 11.6 Å². The van der Waals surface area contributed by atoms with E-state index in [1.807, 2.05) is 11.8 Å². The number of carbonyl (C=O) groups excluding carboxylic acids is 1. The second kappa shape index (κ2) is 6.38. The predicted molar refractivity (Wildman–Crippen MR) is 74.1 cm³/mol. The first-order valence-electron chi connectivity index (χ1n) is 6.09. The highest BCUT2D eigenvalue weighted by atomic mass is 35.5. The van der Waals surface area contributed by atoms with Crippen molar-refractivity contribution < 1.29 is 4.79 Å². The van der Waals surface area contributed by atoms with Crippen LogP contribution in [-0.2, 0) is 0 Å². The molecule has 0 saturated heterocycles. The van der Waals surface area contributed by atoms with Crippen LogP contribution in [-0.4, -0.2) is 32.9 Å². The average Bonchev–Trinajstić information content (AvgIpc) is 2.78. The van der Waals surface area contributed by atoms with Crippen LogP contribution in [0.4, 0.5) is 0 Å². The minimum absolute atomic E-state index is 0.161. The Morgan fingerprint density at radius 2 is 2.33 bits per heavy atom. The van der Waals surface area contributed by atoms with Crippen LogP contribution in [0.5, 0.6) is 0 Å². The number of hydrogen-bond donors (Lipinski definition) is 1. The molecule has 1 amide bonds. The smallest absolute Gasteiger partial charge is 0.271 e. The summed E-state index contributed by atoms with van der Waals surface area (Å²) in [5, 5.41) is 3.98. The molecule has 0 radical (unpaired) electrons. The molecule has 1 aromatic rings. The molecule has 4 nitrogen and oxygen atoms in total. The summed E-state index contributed by atoms with van der Waals surface area (Å²) in [6.45, 7) is 2.17. The summed E-state index contributed by atoms with van der Waals surface area (Å²) >= 11 is 7.60. The lowest BCUT2D eigenvalue weighted by molar-refractivity contribution is 0.0932. The van der Waals surface area contributed by atoms with Gasteiger partial charge in [-0.1, -0.05) is 18.5 Å². The van der Waals surface area contributed by atoms with Gasteiger partial charge in [0, 0.05) is 11.3 Å². The van der Waals surface area contributed by atoms with Crippen molar-refractivity contribution in [1.29, 1.82) is 0 Å². The van der Waals surface area contributed by atoms with Crippen LogP contribution in [0.3, 0.4) is 0 Å². The first-order chi connectivity index (χ1) is 8.69. The van der Waals surface area contributed by atoms with E-state index in [1.165, 1.54) is 18.8 Å². The Morgan fingerprint density at radius 3 is 3.00 bits per heavy atom. The summed E-state index contributed by atoms with van der Waals surface area (Å²) in [6.07, 6.45) is 6.07. The Bertz CT molecular complexity index is 412. The van der Waals surface area contributed by atoms with Gasteiger partial charge in [-0.15, -0.1) is 0 Å². The predicted octanol–water partition coefficient (Wildman–Crippen LogP) is 2.53. The van der Waals surface area contributed by atoms with Crippen LogP contribution in [0.25, 0.3) is 0 Å². The molecular weight excluding hydrogens is 270 g/mol. The zero-order chi connectivity index (χ0) is 13.0. The zero-order valence-corrected chi connectivity index (χ0v) is 11.8. The highest BCUT2D eigenvalue weighted by Crippen LogP contribution is 2.29. The lowest BCUT2D eigenvalue weighted by Crippen LogP contribution is -2.33. The fraction of sp³-hybridized carbons (Fsp3) is 0.583. The molecule has 0 spiro atoms. The number of carbonyl (C=O) groups is 1. The van der Waals surface area contributed by atoms with E-state index in [9.17, 15) is 4.79 Å². The molecule has 0 aliphatic heterocycles. The highest BCUT2D eigenvalue weighted by molar-refractivity contribution is 7.99. The number of aromatic nitrogens is 2. The van der Waals surface area contributed by atoms with E-state index in [0.29, 0.717) is 16.1 Å². The van der Waals surface area contributed by atoms with Crippen LogP contribution >= 0.6 is 23.4 Å². The van der Waals surface area contributed by atoms with Gasteiger partial charge in [0.2, 0.25) is 0 Å². The fourth-order valence-electron chi connectivity index (χ4n) is 2.15.